The standard InChI is InChI=1S/C16H22N2/c1-15(2,3)12-9-11-10-17-8-7-13(11)18-14(12)16(4,5)6/h7-10H,1-6H3. The fourth-order valence-electron chi connectivity index (χ4n) is 2.16. The molecule has 0 amide bonds. The van der Waals surface area contributed by atoms with Crippen molar-refractivity contribution in [2.45, 2.75) is 52.4 Å². The van der Waals surface area contributed by atoms with E-state index in [9.17, 15) is 0 Å². The fourth-order valence-corrected chi connectivity index (χ4v) is 2.16. The van der Waals surface area contributed by atoms with Gasteiger partial charge in [-0.15, -0.1) is 0 Å². The van der Waals surface area contributed by atoms with Gasteiger partial charge in [0.2, 0.25) is 0 Å². The van der Waals surface area contributed by atoms with Crippen molar-refractivity contribution >= 4 is 10.9 Å². The fraction of sp³-hybridized carbons (Fsp3) is 0.500. The molecule has 0 bridgehead atoms. The lowest BCUT2D eigenvalue weighted by atomic mass is 9.78. The lowest BCUT2D eigenvalue weighted by Crippen LogP contribution is -2.23. The molecule has 0 unspecified atom stereocenters. The minimum atomic E-state index is 0.0556. The van der Waals surface area contributed by atoms with Crippen LogP contribution in [0.4, 0.5) is 0 Å². The first-order valence-electron chi connectivity index (χ1n) is 6.45. The van der Waals surface area contributed by atoms with E-state index in [0.29, 0.717) is 0 Å². The second-order valence-electron chi connectivity index (χ2n) is 6.95. The number of pyridine rings is 2. The Labute approximate surface area is 109 Å². The topological polar surface area (TPSA) is 25.8 Å². The Kier molecular flexibility index (Phi) is 2.92. The molecule has 0 N–H and O–H groups in total. The van der Waals surface area contributed by atoms with Crippen molar-refractivity contribution in [3.8, 4) is 0 Å². The van der Waals surface area contributed by atoms with E-state index in [1.54, 1.807) is 6.20 Å². The van der Waals surface area contributed by atoms with E-state index in [-0.39, 0.29) is 10.8 Å². The number of nitrogens with zero attached hydrogens (tertiary/aromatic N) is 2. The molecule has 0 aliphatic heterocycles. The third-order valence-corrected chi connectivity index (χ3v) is 3.13. The molecule has 2 rings (SSSR count). The second-order valence-corrected chi connectivity index (χ2v) is 6.95. The van der Waals surface area contributed by atoms with Crippen LogP contribution < -0.4 is 0 Å². The molecule has 0 atom stereocenters. The molecule has 0 radical (unpaired) electrons. The summed E-state index contributed by atoms with van der Waals surface area (Å²) in [5.74, 6) is 0. The second kappa shape index (κ2) is 4.04. The highest BCUT2D eigenvalue weighted by Gasteiger charge is 2.26. The van der Waals surface area contributed by atoms with E-state index < -0.39 is 0 Å². The number of hydrogen-bond donors (Lipinski definition) is 0. The van der Waals surface area contributed by atoms with Crippen LogP contribution in [0.5, 0.6) is 0 Å². The molecule has 0 saturated carbocycles. The predicted octanol–water partition coefficient (Wildman–Crippen LogP) is 4.22. The van der Waals surface area contributed by atoms with Crippen molar-refractivity contribution in [1.29, 1.82) is 0 Å². The highest BCUT2D eigenvalue weighted by atomic mass is 14.7. The lowest BCUT2D eigenvalue weighted by molar-refractivity contribution is 0.516. The van der Waals surface area contributed by atoms with Crippen molar-refractivity contribution in [2.24, 2.45) is 0 Å². The molecule has 18 heavy (non-hydrogen) atoms. The van der Waals surface area contributed by atoms with Gasteiger partial charge in [-0.3, -0.25) is 9.97 Å². The van der Waals surface area contributed by atoms with Gasteiger partial charge in [0.25, 0.3) is 0 Å². The van der Waals surface area contributed by atoms with E-state index in [2.05, 4.69) is 52.6 Å². The normalized spacial score (nSPS) is 13.0. The Morgan fingerprint density at radius 2 is 1.61 bits per heavy atom. The molecule has 0 aliphatic rings. The summed E-state index contributed by atoms with van der Waals surface area (Å²) in [6.07, 6.45) is 3.70. The SMILES string of the molecule is CC(C)(C)c1cc2cnccc2nc1C(C)(C)C. The van der Waals surface area contributed by atoms with Crippen molar-refractivity contribution in [1.82, 2.24) is 9.97 Å². The molecule has 96 valence electrons. The van der Waals surface area contributed by atoms with Crippen molar-refractivity contribution in [3.63, 3.8) is 0 Å². The minimum Gasteiger partial charge on any atom is -0.264 e. The number of fused-ring (bicyclic) bond motifs is 1. The van der Waals surface area contributed by atoms with E-state index >= 15 is 0 Å². The molecule has 2 heterocycles. The van der Waals surface area contributed by atoms with E-state index in [1.165, 1.54) is 11.3 Å². The maximum Gasteiger partial charge on any atom is 0.0736 e. The Morgan fingerprint density at radius 3 is 2.17 bits per heavy atom. The zero-order valence-corrected chi connectivity index (χ0v) is 12.2. The van der Waals surface area contributed by atoms with Gasteiger partial charge in [0.05, 0.1) is 11.2 Å². The van der Waals surface area contributed by atoms with E-state index in [1.807, 2.05) is 12.3 Å². The van der Waals surface area contributed by atoms with Gasteiger partial charge in [-0.25, -0.2) is 0 Å². The molecule has 0 fully saturated rings. The van der Waals surface area contributed by atoms with Crippen molar-refractivity contribution < 1.29 is 0 Å². The zero-order chi connectivity index (χ0) is 13.6. The maximum absolute atomic E-state index is 4.87. The van der Waals surface area contributed by atoms with Crippen LogP contribution >= 0.6 is 0 Å². The van der Waals surface area contributed by atoms with Gasteiger partial charge in [-0.05, 0) is 23.1 Å². The summed E-state index contributed by atoms with van der Waals surface area (Å²) in [5, 5.41) is 1.12. The van der Waals surface area contributed by atoms with Crippen LogP contribution in [0, 0.1) is 0 Å². The van der Waals surface area contributed by atoms with Gasteiger partial charge >= 0.3 is 0 Å². The summed E-state index contributed by atoms with van der Waals surface area (Å²) in [6, 6.07) is 4.23. The Hall–Kier alpha value is -1.44. The van der Waals surface area contributed by atoms with E-state index in [4.69, 9.17) is 4.98 Å². The van der Waals surface area contributed by atoms with Crippen LogP contribution in [-0.4, -0.2) is 9.97 Å². The summed E-state index contributed by atoms with van der Waals surface area (Å²) in [7, 11) is 0. The molecular weight excluding hydrogens is 220 g/mol. The lowest BCUT2D eigenvalue weighted by Gasteiger charge is -2.29. The minimum absolute atomic E-state index is 0.0556. The Bertz CT molecular complexity index is 519. The van der Waals surface area contributed by atoms with Gasteiger partial charge in [-0.1, -0.05) is 41.5 Å². The highest BCUT2D eigenvalue weighted by molar-refractivity contribution is 5.78. The van der Waals surface area contributed by atoms with Gasteiger partial charge in [0, 0.05) is 23.2 Å². The van der Waals surface area contributed by atoms with Crippen LogP contribution in [0.15, 0.2) is 24.5 Å². The van der Waals surface area contributed by atoms with Gasteiger partial charge in [0.1, 0.15) is 0 Å². The van der Waals surface area contributed by atoms with E-state index in [0.717, 1.165) is 10.9 Å². The predicted molar refractivity (Wildman–Crippen MR) is 76.9 cm³/mol. The molecule has 0 aromatic carbocycles. The average molecular weight is 242 g/mol. The molecule has 2 heteroatoms. The number of rotatable bonds is 0. The first-order chi connectivity index (χ1) is 8.19. The molecule has 0 saturated heterocycles. The molecule has 2 aromatic rings. The summed E-state index contributed by atoms with van der Waals surface area (Å²) in [5.41, 5.74) is 3.69. The molecule has 2 nitrogen and oxygen atoms in total. The summed E-state index contributed by atoms with van der Waals surface area (Å²) in [6.45, 7) is 13.4. The summed E-state index contributed by atoms with van der Waals surface area (Å²) in [4.78, 5) is 9.06. The molecule has 2 aromatic heterocycles. The molecule has 0 aliphatic carbocycles. The van der Waals surface area contributed by atoms with Crippen LogP contribution in [0.3, 0.4) is 0 Å². The third-order valence-electron chi connectivity index (χ3n) is 3.13. The first-order valence-corrected chi connectivity index (χ1v) is 6.45. The average Bonchev–Trinajstić information content (AvgIpc) is 2.25. The Balaban J connectivity index is 2.81. The molecular formula is C16H22N2. The number of hydrogen-bond acceptors (Lipinski definition) is 2. The van der Waals surface area contributed by atoms with Crippen molar-refractivity contribution in [2.75, 3.05) is 0 Å². The smallest absolute Gasteiger partial charge is 0.0736 e. The highest BCUT2D eigenvalue weighted by Crippen LogP contribution is 2.34. The van der Waals surface area contributed by atoms with Crippen molar-refractivity contribution in [3.05, 3.63) is 35.8 Å². The molecule has 0 spiro atoms. The van der Waals surface area contributed by atoms with Crippen LogP contribution in [0.1, 0.15) is 52.8 Å². The van der Waals surface area contributed by atoms with Crippen LogP contribution in [-0.2, 0) is 10.8 Å². The van der Waals surface area contributed by atoms with Gasteiger partial charge < -0.3 is 0 Å². The summed E-state index contributed by atoms with van der Waals surface area (Å²) >= 11 is 0. The Morgan fingerprint density at radius 1 is 0.944 bits per heavy atom. The van der Waals surface area contributed by atoms with Gasteiger partial charge in [0.15, 0.2) is 0 Å². The zero-order valence-electron chi connectivity index (χ0n) is 12.2. The maximum atomic E-state index is 4.87. The van der Waals surface area contributed by atoms with Crippen LogP contribution in [0.2, 0.25) is 0 Å². The van der Waals surface area contributed by atoms with Gasteiger partial charge in [-0.2, -0.15) is 0 Å². The quantitative estimate of drug-likeness (QED) is 0.691. The first kappa shape index (κ1) is 13.0. The largest absolute Gasteiger partial charge is 0.264 e. The summed E-state index contributed by atoms with van der Waals surface area (Å²) < 4.78 is 0. The number of aromatic nitrogens is 2. The van der Waals surface area contributed by atoms with Crippen LogP contribution in [0.25, 0.3) is 10.9 Å². The monoisotopic (exact) mass is 242 g/mol. The third kappa shape index (κ3) is 2.38.